The lowest BCUT2D eigenvalue weighted by atomic mass is 9.97. The van der Waals surface area contributed by atoms with Crippen molar-refractivity contribution in [3.63, 3.8) is 0 Å². The zero-order chi connectivity index (χ0) is 26.0. The highest BCUT2D eigenvalue weighted by atomic mass is 35.5. The molecule has 0 radical (unpaired) electrons. The van der Waals surface area contributed by atoms with Gasteiger partial charge in [-0.25, -0.2) is 4.79 Å². The number of benzene rings is 1. The van der Waals surface area contributed by atoms with Crippen LogP contribution >= 0.6 is 23.2 Å². The van der Waals surface area contributed by atoms with Crippen LogP contribution in [0.2, 0.25) is 35.7 Å². The van der Waals surface area contributed by atoms with Crippen molar-refractivity contribution in [1.82, 2.24) is 9.78 Å². The van der Waals surface area contributed by atoms with E-state index in [0.29, 0.717) is 40.2 Å². The van der Waals surface area contributed by atoms with Gasteiger partial charge in [-0.05, 0) is 38.9 Å². The van der Waals surface area contributed by atoms with Gasteiger partial charge in [0.05, 0.1) is 28.1 Å². The summed E-state index contributed by atoms with van der Waals surface area (Å²) in [5.74, 6) is 0.166. The molecule has 11 heteroatoms. The first-order valence-corrected chi connectivity index (χ1v) is 16.0. The molecule has 0 aliphatic carbocycles. The van der Waals surface area contributed by atoms with Gasteiger partial charge < -0.3 is 19.1 Å². The third-order valence-corrected chi connectivity index (χ3v) is 7.90. The standard InChI is InChI=1S/C24H33Cl2N3O5Si/c1-24(2,3)34-23(31)29-14-17(12-27-29)28-13-16(11-20(28)30)21-19(8-7-18(25)22(21)26)33-15-32-9-10-35(4,5)6/h7-8,12,14,16H,9-11,13,15H2,1-6H3/t16-/m0/s1. The molecule has 1 atom stereocenters. The molecular formula is C24H33Cl2N3O5Si. The highest BCUT2D eigenvalue weighted by Crippen LogP contribution is 2.43. The minimum Gasteiger partial charge on any atom is -0.467 e. The fourth-order valence-corrected chi connectivity index (χ4v) is 4.84. The van der Waals surface area contributed by atoms with Crippen LogP contribution in [0.1, 0.15) is 38.7 Å². The van der Waals surface area contributed by atoms with E-state index in [2.05, 4.69) is 24.7 Å². The van der Waals surface area contributed by atoms with Gasteiger partial charge in [0.25, 0.3) is 0 Å². The van der Waals surface area contributed by atoms with E-state index in [4.69, 9.17) is 37.4 Å². The third kappa shape index (κ3) is 7.46. The summed E-state index contributed by atoms with van der Waals surface area (Å²) in [6, 6.07) is 4.46. The summed E-state index contributed by atoms with van der Waals surface area (Å²) in [7, 11) is -1.20. The number of carbonyl (C=O) groups is 2. The number of halogens is 2. The first-order valence-electron chi connectivity index (χ1n) is 11.5. The van der Waals surface area contributed by atoms with Gasteiger partial charge in [0.2, 0.25) is 5.91 Å². The van der Waals surface area contributed by atoms with Crippen LogP contribution in [0.5, 0.6) is 5.75 Å². The summed E-state index contributed by atoms with van der Waals surface area (Å²) < 4.78 is 18.0. The summed E-state index contributed by atoms with van der Waals surface area (Å²) in [6.45, 7) is 13.2. The van der Waals surface area contributed by atoms with E-state index in [9.17, 15) is 9.59 Å². The number of amides is 1. The molecule has 1 aromatic heterocycles. The second-order valence-corrected chi connectivity index (χ2v) is 17.2. The molecule has 0 N–H and O–H groups in total. The van der Waals surface area contributed by atoms with Crippen molar-refractivity contribution in [1.29, 1.82) is 0 Å². The average Bonchev–Trinajstić information content (AvgIpc) is 3.35. The highest BCUT2D eigenvalue weighted by molar-refractivity contribution is 6.76. The molecule has 8 nitrogen and oxygen atoms in total. The van der Waals surface area contributed by atoms with Crippen LogP contribution in [-0.4, -0.2) is 55.4 Å². The lowest BCUT2D eigenvalue weighted by Gasteiger charge is -2.20. The number of anilines is 1. The highest BCUT2D eigenvalue weighted by Gasteiger charge is 2.36. The molecule has 1 fully saturated rings. The maximum Gasteiger partial charge on any atom is 0.435 e. The van der Waals surface area contributed by atoms with Crippen molar-refractivity contribution < 1.29 is 23.8 Å². The van der Waals surface area contributed by atoms with Gasteiger partial charge >= 0.3 is 6.09 Å². The summed E-state index contributed by atoms with van der Waals surface area (Å²) in [5, 5.41) is 4.81. The number of nitrogens with zero attached hydrogens (tertiary/aromatic N) is 3. The number of ether oxygens (including phenoxy) is 3. The Labute approximate surface area is 217 Å². The van der Waals surface area contributed by atoms with E-state index in [1.165, 1.54) is 12.4 Å². The number of aromatic nitrogens is 2. The summed E-state index contributed by atoms with van der Waals surface area (Å²) in [5.41, 5.74) is 0.512. The molecule has 1 amide bonds. The van der Waals surface area contributed by atoms with Gasteiger partial charge in [-0.3, -0.25) is 4.79 Å². The van der Waals surface area contributed by atoms with Crippen molar-refractivity contribution >= 4 is 49.0 Å². The SMILES string of the molecule is CC(C)(C)OC(=O)n1cc(N2C[C@@H](c3c(OCOCC[Si](C)(C)C)ccc(Cl)c3Cl)CC2=O)cn1. The Morgan fingerprint density at radius 1 is 1.23 bits per heavy atom. The molecule has 192 valence electrons. The number of hydrogen-bond acceptors (Lipinski definition) is 6. The van der Waals surface area contributed by atoms with E-state index in [-0.39, 0.29) is 25.0 Å². The Morgan fingerprint density at radius 3 is 2.60 bits per heavy atom. The van der Waals surface area contributed by atoms with E-state index in [0.717, 1.165) is 10.7 Å². The Hall–Kier alpha value is -2.07. The minimum atomic E-state index is -1.20. The fraction of sp³-hybridized carbons (Fsp3) is 0.542. The van der Waals surface area contributed by atoms with Crippen LogP contribution in [0.15, 0.2) is 24.5 Å². The van der Waals surface area contributed by atoms with Crippen molar-refractivity contribution in [2.75, 3.05) is 24.8 Å². The van der Waals surface area contributed by atoms with Crippen LogP contribution < -0.4 is 9.64 Å². The van der Waals surface area contributed by atoms with Gasteiger partial charge in [0, 0.05) is 39.1 Å². The van der Waals surface area contributed by atoms with Crippen molar-refractivity contribution in [2.45, 2.75) is 64.4 Å². The largest absolute Gasteiger partial charge is 0.467 e. The molecule has 0 spiro atoms. The van der Waals surface area contributed by atoms with Crippen LogP contribution in [0.25, 0.3) is 0 Å². The molecular weight excluding hydrogens is 509 g/mol. The molecule has 1 aliphatic rings. The zero-order valence-electron chi connectivity index (χ0n) is 21.1. The number of carbonyl (C=O) groups excluding carboxylic acids is 2. The van der Waals surface area contributed by atoms with Gasteiger partial charge in [-0.15, -0.1) is 0 Å². The maximum atomic E-state index is 12.9. The molecule has 0 unspecified atom stereocenters. The molecule has 0 bridgehead atoms. The second kappa shape index (κ2) is 10.9. The lowest BCUT2D eigenvalue weighted by molar-refractivity contribution is -0.117. The molecule has 3 rings (SSSR count). The van der Waals surface area contributed by atoms with E-state index < -0.39 is 19.8 Å². The van der Waals surface area contributed by atoms with Gasteiger partial charge in [0.15, 0.2) is 6.79 Å². The molecule has 35 heavy (non-hydrogen) atoms. The molecule has 0 saturated carbocycles. The molecule has 1 aliphatic heterocycles. The van der Waals surface area contributed by atoms with Gasteiger partial charge in [-0.2, -0.15) is 9.78 Å². The first kappa shape index (κ1) is 27.5. The van der Waals surface area contributed by atoms with Gasteiger partial charge in [-0.1, -0.05) is 42.8 Å². The quantitative estimate of drug-likeness (QED) is 0.225. The van der Waals surface area contributed by atoms with Gasteiger partial charge in [0.1, 0.15) is 11.4 Å². The second-order valence-electron chi connectivity index (χ2n) is 10.8. The molecule has 2 heterocycles. The molecule has 2 aromatic rings. The maximum absolute atomic E-state index is 12.9. The van der Waals surface area contributed by atoms with Crippen molar-refractivity contribution in [2.24, 2.45) is 0 Å². The van der Waals surface area contributed by atoms with E-state index in [1.807, 2.05) is 0 Å². The third-order valence-electron chi connectivity index (χ3n) is 5.38. The van der Waals surface area contributed by atoms with Crippen LogP contribution in [0, 0.1) is 0 Å². The van der Waals surface area contributed by atoms with E-state index >= 15 is 0 Å². The van der Waals surface area contributed by atoms with Crippen LogP contribution in [0.3, 0.4) is 0 Å². The molecule has 1 aromatic carbocycles. The Bertz CT molecular complexity index is 1080. The van der Waals surface area contributed by atoms with Crippen LogP contribution in [-0.2, 0) is 14.3 Å². The van der Waals surface area contributed by atoms with Crippen molar-refractivity contribution in [3.8, 4) is 5.75 Å². The van der Waals surface area contributed by atoms with Crippen molar-refractivity contribution in [3.05, 3.63) is 40.1 Å². The predicted octanol–water partition coefficient (Wildman–Crippen LogP) is 6.18. The van der Waals surface area contributed by atoms with E-state index in [1.54, 1.807) is 37.8 Å². The first-order chi connectivity index (χ1) is 16.2. The van der Waals surface area contributed by atoms with Crippen LogP contribution in [0.4, 0.5) is 10.5 Å². The predicted molar refractivity (Wildman–Crippen MR) is 140 cm³/mol. The normalized spacial score (nSPS) is 16.6. The Morgan fingerprint density at radius 2 is 1.94 bits per heavy atom. The molecule has 1 saturated heterocycles. The fourth-order valence-electron chi connectivity index (χ4n) is 3.61. The Kier molecular flexibility index (Phi) is 8.57. The topological polar surface area (TPSA) is 82.9 Å². The summed E-state index contributed by atoms with van der Waals surface area (Å²) in [4.78, 5) is 26.8. The average molecular weight is 543 g/mol. The number of hydrogen-bond donors (Lipinski definition) is 0. The summed E-state index contributed by atoms with van der Waals surface area (Å²) >= 11 is 12.9. The zero-order valence-corrected chi connectivity index (χ0v) is 23.6. The lowest BCUT2D eigenvalue weighted by Crippen LogP contribution is -2.27. The minimum absolute atomic E-state index is 0.0858. The smallest absolute Gasteiger partial charge is 0.435 e. The summed E-state index contributed by atoms with van der Waals surface area (Å²) in [6.07, 6.45) is 2.55. The Balaban J connectivity index is 1.73. The number of rotatable bonds is 8. The monoisotopic (exact) mass is 541 g/mol.